The topological polar surface area (TPSA) is 0 Å². The highest BCUT2D eigenvalue weighted by molar-refractivity contribution is 6.90. The second-order valence-electron chi connectivity index (χ2n) is 17.7. The van der Waals surface area contributed by atoms with Gasteiger partial charge in [-0.3, -0.25) is 0 Å². The van der Waals surface area contributed by atoms with Gasteiger partial charge in [-0.15, -0.1) is 11.1 Å². The molecule has 0 atom stereocenters. The Hall–Kier alpha value is -3.31. The highest BCUT2D eigenvalue weighted by Gasteiger charge is 2.42. The van der Waals surface area contributed by atoms with Gasteiger partial charge in [0, 0.05) is 11.1 Å². The minimum Gasteiger partial charge on any atom is -0.126 e. The summed E-state index contributed by atoms with van der Waals surface area (Å²) in [5, 5.41) is 10.1. The Morgan fingerprint density at radius 3 is 1.24 bits per heavy atom. The van der Waals surface area contributed by atoms with Crippen molar-refractivity contribution in [2.45, 2.75) is 125 Å². The molecule has 5 rings (SSSR count). The van der Waals surface area contributed by atoms with E-state index in [-0.39, 0.29) is 0 Å². The Morgan fingerprint density at radius 1 is 0.460 bits per heavy atom. The van der Waals surface area contributed by atoms with E-state index in [0.717, 1.165) is 0 Å². The zero-order valence-electron chi connectivity index (χ0n) is 33.4. The van der Waals surface area contributed by atoms with E-state index in [1.54, 1.807) is 0 Å². The Bertz CT molecular complexity index is 2090. The van der Waals surface area contributed by atoms with Crippen molar-refractivity contribution in [2.24, 2.45) is 17.8 Å². The Morgan fingerprint density at radius 2 is 0.840 bits per heavy atom. The molecule has 0 nitrogen and oxygen atoms in total. The fourth-order valence-electron chi connectivity index (χ4n) is 9.59. The number of aryl methyl sites for hydroxylation is 1. The molecule has 0 saturated carbocycles. The number of benzene rings is 5. The van der Waals surface area contributed by atoms with E-state index in [9.17, 15) is 0 Å². The van der Waals surface area contributed by atoms with Crippen LogP contribution < -0.4 is 0 Å². The van der Waals surface area contributed by atoms with Crippen molar-refractivity contribution in [1.29, 1.82) is 0 Å². The largest absolute Gasteiger partial charge is 0.146 e. The minimum absolute atomic E-state index is 0.572. The van der Waals surface area contributed by atoms with Gasteiger partial charge in [0.1, 0.15) is 16.1 Å². The summed E-state index contributed by atoms with van der Waals surface area (Å²) in [4.78, 5) is 0. The van der Waals surface area contributed by atoms with Gasteiger partial charge in [-0.2, -0.15) is 0 Å². The number of hydrogen-bond donors (Lipinski definition) is 0. The van der Waals surface area contributed by atoms with Gasteiger partial charge in [-0.1, -0.05) is 143 Å². The summed E-state index contributed by atoms with van der Waals surface area (Å²) in [5.74, 6) is 9.99. The Labute approximate surface area is 306 Å². The normalized spacial score (nSPS) is 12.7. The maximum absolute atomic E-state index is 4.22. The van der Waals surface area contributed by atoms with Gasteiger partial charge in [0.05, 0.1) is 0 Å². The quantitative estimate of drug-likeness (QED) is 0.0818. The van der Waals surface area contributed by atoms with E-state index < -0.39 is 16.1 Å². The third-order valence-electron chi connectivity index (χ3n) is 11.2. The SMILES string of the molecule is Cc1ccc2cc3c(C#C[Si](C(C)C)(C(C)C)C(C)C)c4cc5ccccc5cc4c(C#C[Si](CC(C)C)(CC(C)C)CC(C)C)c3cc2c1. The number of fused-ring (bicyclic) bond motifs is 4. The van der Waals surface area contributed by atoms with Crippen LogP contribution in [0, 0.1) is 47.6 Å². The predicted molar refractivity (Wildman–Crippen MR) is 231 cm³/mol. The van der Waals surface area contributed by atoms with Crippen molar-refractivity contribution in [1.82, 2.24) is 0 Å². The predicted octanol–water partition coefficient (Wildman–Crippen LogP) is 14.5. The van der Waals surface area contributed by atoms with E-state index in [2.05, 4.69) is 180 Å². The van der Waals surface area contributed by atoms with E-state index in [1.165, 1.54) is 77.9 Å². The first-order chi connectivity index (χ1) is 23.6. The zero-order valence-corrected chi connectivity index (χ0v) is 35.4. The molecular weight excluding hydrogens is 633 g/mol. The molecule has 0 aliphatic carbocycles. The number of rotatable bonds is 9. The molecule has 50 heavy (non-hydrogen) atoms. The summed E-state index contributed by atoms with van der Waals surface area (Å²) in [5.41, 5.74) is 13.7. The average molecular weight is 695 g/mol. The highest BCUT2D eigenvalue weighted by Crippen LogP contribution is 2.42. The molecule has 0 bridgehead atoms. The van der Waals surface area contributed by atoms with Crippen LogP contribution in [-0.4, -0.2) is 16.1 Å². The molecule has 5 aromatic rings. The van der Waals surface area contributed by atoms with Gasteiger partial charge < -0.3 is 0 Å². The Kier molecular flexibility index (Phi) is 11.5. The average Bonchev–Trinajstić information content (AvgIpc) is 3.01. The van der Waals surface area contributed by atoms with Crippen LogP contribution in [0.2, 0.25) is 34.8 Å². The van der Waals surface area contributed by atoms with Gasteiger partial charge in [-0.25, -0.2) is 0 Å². The van der Waals surface area contributed by atoms with Crippen LogP contribution in [0.3, 0.4) is 0 Å². The Balaban J connectivity index is 2.00. The fourth-order valence-corrected chi connectivity index (χ4v) is 20.7. The van der Waals surface area contributed by atoms with E-state index >= 15 is 0 Å². The van der Waals surface area contributed by atoms with E-state index in [4.69, 9.17) is 0 Å². The third-order valence-corrected chi connectivity index (χ3v) is 23.0. The molecule has 5 aromatic carbocycles. The molecule has 0 radical (unpaired) electrons. The van der Waals surface area contributed by atoms with Crippen LogP contribution in [0.4, 0.5) is 0 Å². The van der Waals surface area contributed by atoms with Crippen molar-refractivity contribution in [3.63, 3.8) is 0 Å². The van der Waals surface area contributed by atoms with Crippen molar-refractivity contribution in [3.05, 3.63) is 83.4 Å². The lowest BCUT2D eigenvalue weighted by molar-refractivity contribution is 0.650. The zero-order chi connectivity index (χ0) is 36.5. The molecule has 0 aliphatic heterocycles. The summed E-state index contributed by atoms with van der Waals surface area (Å²) < 4.78 is 0. The van der Waals surface area contributed by atoms with Crippen molar-refractivity contribution in [2.75, 3.05) is 0 Å². The van der Waals surface area contributed by atoms with Crippen LogP contribution in [0.15, 0.2) is 66.7 Å². The summed E-state index contributed by atoms with van der Waals surface area (Å²) >= 11 is 0. The molecule has 0 aliphatic rings. The van der Waals surface area contributed by atoms with E-state index in [0.29, 0.717) is 34.4 Å². The first kappa shape index (κ1) is 37.9. The molecule has 0 fully saturated rings. The van der Waals surface area contributed by atoms with Crippen LogP contribution in [0.1, 0.15) is 99.8 Å². The van der Waals surface area contributed by atoms with Crippen LogP contribution >= 0.6 is 0 Å². The van der Waals surface area contributed by atoms with E-state index in [1.807, 2.05) is 0 Å². The maximum Gasteiger partial charge on any atom is 0.146 e. The van der Waals surface area contributed by atoms with Gasteiger partial charge in [-0.05, 0) is 127 Å². The standard InChI is InChI=1S/C48H62Si2/c1-32(2)29-49(30-33(3)4,31-34(5)6)22-20-43-45-25-39-16-14-15-17-40(39)26-46(45)44(21-23-50(35(7)8,36(9)10)37(11)12)47-27-41-19-18-38(13)24-42(41)28-48(43)47/h14-19,24-28,32-37H,29-31H2,1-13H3. The van der Waals surface area contributed by atoms with Crippen LogP contribution in [0.25, 0.3) is 43.1 Å². The molecule has 0 spiro atoms. The first-order valence-electron chi connectivity index (χ1n) is 19.5. The maximum atomic E-state index is 4.22. The molecule has 2 heteroatoms. The third kappa shape index (κ3) is 7.64. The lowest BCUT2D eigenvalue weighted by Gasteiger charge is -2.38. The number of hydrogen-bond acceptors (Lipinski definition) is 0. The lowest BCUT2D eigenvalue weighted by Crippen LogP contribution is -2.43. The molecule has 0 unspecified atom stereocenters. The second-order valence-corrected chi connectivity index (χ2v) is 27.3. The van der Waals surface area contributed by atoms with Crippen molar-refractivity contribution >= 4 is 59.2 Å². The molecule has 0 aromatic heterocycles. The summed E-state index contributed by atoms with van der Waals surface area (Å²) in [6, 6.07) is 29.2. The molecule has 0 saturated heterocycles. The summed E-state index contributed by atoms with van der Waals surface area (Å²) in [6.45, 7) is 31.1. The highest BCUT2D eigenvalue weighted by atomic mass is 28.3. The monoisotopic (exact) mass is 694 g/mol. The van der Waals surface area contributed by atoms with Crippen LogP contribution in [0.5, 0.6) is 0 Å². The van der Waals surface area contributed by atoms with Gasteiger partial charge >= 0.3 is 0 Å². The van der Waals surface area contributed by atoms with Crippen molar-refractivity contribution < 1.29 is 0 Å². The van der Waals surface area contributed by atoms with Gasteiger partial charge in [0.2, 0.25) is 0 Å². The molecule has 0 heterocycles. The van der Waals surface area contributed by atoms with Crippen LogP contribution in [-0.2, 0) is 0 Å². The summed E-state index contributed by atoms with van der Waals surface area (Å²) in [7, 11) is -3.92. The molecule has 0 N–H and O–H groups in total. The lowest BCUT2D eigenvalue weighted by atomic mass is 9.89. The van der Waals surface area contributed by atoms with Gasteiger partial charge in [0.25, 0.3) is 0 Å². The summed E-state index contributed by atoms with van der Waals surface area (Å²) in [6.07, 6.45) is 0. The minimum atomic E-state index is -1.98. The first-order valence-corrected chi connectivity index (χ1v) is 24.3. The fraction of sp³-hybridized carbons (Fsp3) is 0.458. The van der Waals surface area contributed by atoms with Crippen molar-refractivity contribution in [3.8, 4) is 22.9 Å². The second kappa shape index (κ2) is 15.1. The smallest absolute Gasteiger partial charge is 0.126 e. The molecule has 262 valence electrons. The molecule has 0 amide bonds. The van der Waals surface area contributed by atoms with Gasteiger partial charge in [0.15, 0.2) is 0 Å². The molecular formula is C48H62Si2.